The van der Waals surface area contributed by atoms with Crippen molar-refractivity contribution >= 4 is 17.6 Å². The molecule has 5 heteroatoms. The number of ether oxygens (including phenoxy) is 1. The van der Waals surface area contributed by atoms with Gasteiger partial charge < -0.3 is 9.84 Å². The van der Waals surface area contributed by atoms with Crippen molar-refractivity contribution in [1.82, 2.24) is 0 Å². The van der Waals surface area contributed by atoms with Gasteiger partial charge in [-0.05, 0) is 51.3 Å². The number of benzene rings is 1. The predicted octanol–water partition coefficient (Wildman–Crippen LogP) is 4.14. The molecular formula is C15H18ClNO3. The Bertz CT molecular complexity index is 520. The maximum Gasteiger partial charge on any atom is 0.337 e. The monoisotopic (exact) mass is 295 g/mol. The highest BCUT2D eigenvalue weighted by molar-refractivity contribution is 6.33. The van der Waals surface area contributed by atoms with Crippen molar-refractivity contribution < 1.29 is 14.6 Å². The first-order chi connectivity index (χ1) is 9.35. The van der Waals surface area contributed by atoms with Crippen molar-refractivity contribution in [2.24, 2.45) is 5.41 Å². The number of carboxylic acids is 1. The first-order valence-corrected chi connectivity index (χ1v) is 6.80. The minimum Gasteiger partial charge on any atom is -0.494 e. The molecule has 0 aliphatic rings. The van der Waals surface area contributed by atoms with E-state index in [0.717, 1.165) is 19.3 Å². The minimum atomic E-state index is -1.07. The lowest BCUT2D eigenvalue weighted by Gasteiger charge is -2.14. The zero-order valence-corrected chi connectivity index (χ0v) is 12.4. The van der Waals surface area contributed by atoms with E-state index in [1.54, 1.807) is 6.07 Å². The first kappa shape index (κ1) is 16.3. The third kappa shape index (κ3) is 5.10. The van der Waals surface area contributed by atoms with Gasteiger partial charge in [-0.25, -0.2) is 4.79 Å². The van der Waals surface area contributed by atoms with Crippen molar-refractivity contribution in [3.63, 3.8) is 0 Å². The standard InChI is InChI=1S/C15H18ClNO3/c1-15(2,10-17)7-3-4-8-20-11-5-6-13(16)12(9-11)14(18)19/h5-6,9H,3-4,7-8H2,1-2H3,(H,18,19). The maximum absolute atomic E-state index is 10.9. The Morgan fingerprint density at radius 3 is 2.75 bits per heavy atom. The van der Waals surface area contributed by atoms with Gasteiger partial charge in [-0.2, -0.15) is 5.26 Å². The predicted molar refractivity (Wildman–Crippen MR) is 77.2 cm³/mol. The van der Waals surface area contributed by atoms with Gasteiger partial charge in [0.1, 0.15) is 5.75 Å². The van der Waals surface area contributed by atoms with Crippen molar-refractivity contribution in [2.75, 3.05) is 6.61 Å². The van der Waals surface area contributed by atoms with E-state index in [9.17, 15) is 4.79 Å². The van der Waals surface area contributed by atoms with Crippen LogP contribution in [-0.4, -0.2) is 17.7 Å². The fraction of sp³-hybridized carbons (Fsp3) is 0.467. The second-order valence-corrected chi connectivity index (χ2v) is 5.66. The number of nitrogens with zero attached hydrogens (tertiary/aromatic N) is 1. The molecule has 1 aromatic carbocycles. The summed E-state index contributed by atoms with van der Waals surface area (Å²) in [7, 11) is 0. The molecule has 0 aliphatic carbocycles. The Morgan fingerprint density at radius 2 is 2.15 bits per heavy atom. The van der Waals surface area contributed by atoms with Gasteiger partial charge in [0.05, 0.1) is 28.7 Å². The van der Waals surface area contributed by atoms with E-state index in [1.165, 1.54) is 12.1 Å². The summed E-state index contributed by atoms with van der Waals surface area (Å²) in [5.74, 6) is -0.581. The average molecular weight is 296 g/mol. The molecule has 0 amide bonds. The fourth-order valence-corrected chi connectivity index (χ4v) is 1.87. The lowest BCUT2D eigenvalue weighted by atomic mass is 9.89. The summed E-state index contributed by atoms with van der Waals surface area (Å²) >= 11 is 5.77. The van der Waals surface area contributed by atoms with Gasteiger partial charge in [-0.3, -0.25) is 0 Å². The van der Waals surface area contributed by atoms with E-state index < -0.39 is 5.97 Å². The molecule has 0 radical (unpaired) electrons. The van der Waals surface area contributed by atoms with Crippen LogP contribution in [0.1, 0.15) is 43.5 Å². The second-order valence-electron chi connectivity index (χ2n) is 5.25. The second kappa shape index (κ2) is 7.16. The molecule has 0 unspecified atom stereocenters. The molecule has 0 atom stereocenters. The number of unbranched alkanes of at least 4 members (excludes halogenated alkanes) is 1. The molecule has 1 aromatic rings. The van der Waals surface area contributed by atoms with Gasteiger partial charge in [-0.15, -0.1) is 0 Å². The van der Waals surface area contributed by atoms with E-state index in [2.05, 4.69) is 6.07 Å². The fourth-order valence-electron chi connectivity index (χ4n) is 1.67. The normalized spacial score (nSPS) is 10.9. The highest BCUT2D eigenvalue weighted by Crippen LogP contribution is 2.24. The number of carboxylic acid groups (broad SMARTS) is 1. The number of hydrogen-bond donors (Lipinski definition) is 1. The van der Waals surface area contributed by atoms with Gasteiger partial charge in [0.25, 0.3) is 0 Å². The zero-order valence-electron chi connectivity index (χ0n) is 11.6. The van der Waals surface area contributed by atoms with Gasteiger partial charge in [0.15, 0.2) is 0 Å². The van der Waals surface area contributed by atoms with Crippen molar-refractivity contribution in [1.29, 1.82) is 5.26 Å². The Morgan fingerprint density at radius 1 is 1.45 bits per heavy atom. The summed E-state index contributed by atoms with van der Waals surface area (Å²) in [5, 5.41) is 18.0. The lowest BCUT2D eigenvalue weighted by Crippen LogP contribution is -2.08. The molecule has 0 heterocycles. The van der Waals surface area contributed by atoms with E-state index in [4.69, 9.17) is 26.7 Å². The van der Waals surface area contributed by atoms with Gasteiger partial charge >= 0.3 is 5.97 Å². The molecule has 0 aromatic heterocycles. The number of rotatable bonds is 7. The van der Waals surface area contributed by atoms with Crippen molar-refractivity contribution in [2.45, 2.75) is 33.1 Å². The molecule has 4 nitrogen and oxygen atoms in total. The smallest absolute Gasteiger partial charge is 0.337 e. The van der Waals surface area contributed by atoms with Crippen LogP contribution in [-0.2, 0) is 0 Å². The third-order valence-corrected chi connectivity index (χ3v) is 3.27. The largest absolute Gasteiger partial charge is 0.494 e. The Kier molecular flexibility index (Phi) is 5.84. The molecule has 0 bridgehead atoms. The minimum absolute atomic E-state index is 0.0368. The highest BCUT2D eigenvalue weighted by Gasteiger charge is 2.15. The topological polar surface area (TPSA) is 70.3 Å². The summed E-state index contributed by atoms with van der Waals surface area (Å²) in [6.45, 7) is 4.31. The first-order valence-electron chi connectivity index (χ1n) is 6.42. The van der Waals surface area contributed by atoms with Crippen molar-refractivity contribution in [3.05, 3.63) is 28.8 Å². The van der Waals surface area contributed by atoms with Crippen LogP contribution in [0.3, 0.4) is 0 Å². The summed E-state index contributed by atoms with van der Waals surface area (Å²) in [5.41, 5.74) is -0.272. The van der Waals surface area contributed by atoms with Gasteiger partial charge in [0, 0.05) is 0 Å². The maximum atomic E-state index is 10.9. The van der Waals surface area contributed by atoms with E-state index in [1.807, 2.05) is 13.8 Å². The highest BCUT2D eigenvalue weighted by atomic mass is 35.5. The molecule has 0 aliphatic heterocycles. The molecule has 0 spiro atoms. The summed E-state index contributed by atoms with van der Waals surface area (Å²) in [6, 6.07) is 6.84. The molecule has 20 heavy (non-hydrogen) atoms. The van der Waals surface area contributed by atoms with Crippen LogP contribution in [0.4, 0.5) is 0 Å². The van der Waals surface area contributed by atoms with Crippen LogP contribution in [0.15, 0.2) is 18.2 Å². The number of carbonyl (C=O) groups is 1. The van der Waals surface area contributed by atoms with Crippen LogP contribution in [0, 0.1) is 16.7 Å². The summed E-state index contributed by atoms with van der Waals surface area (Å²) in [6.07, 6.45) is 2.52. The van der Waals surface area contributed by atoms with Crippen LogP contribution < -0.4 is 4.74 Å². The Labute approximate surface area is 123 Å². The van der Waals surface area contributed by atoms with Crippen LogP contribution in [0.5, 0.6) is 5.75 Å². The van der Waals surface area contributed by atoms with E-state index >= 15 is 0 Å². The number of halogens is 1. The molecule has 0 saturated heterocycles. The lowest BCUT2D eigenvalue weighted by molar-refractivity contribution is 0.0696. The molecule has 0 fully saturated rings. The molecule has 1 N–H and O–H groups in total. The van der Waals surface area contributed by atoms with Gasteiger partial charge in [-0.1, -0.05) is 11.6 Å². The van der Waals surface area contributed by atoms with Crippen molar-refractivity contribution in [3.8, 4) is 11.8 Å². The molecule has 0 saturated carbocycles. The Hall–Kier alpha value is -1.73. The number of aromatic carboxylic acids is 1. The Balaban J connectivity index is 2.42. The SMILES string of the molecule is CC(C)(C#N)CCCCOc1ccc(Cl)c(C(=O)O)c1. The number of nitriles is 1. The quantitative estimate of drug-likeness (QED) is 0.768. The molecule has 108 valence electrons. The summed E-state index contributed by atoms with van der Waals surface area (Å²) in [4.78, 5) is 10.9. The average Bonchev–Trinajstić information content (AvgIpc) is 2.39. The third-order valence-electron chi connectivity index (χ3n) is 2.94. The van der Waals surface area contributed by atoms with Crippen LogP contribution in [0.2, 0.25) is 5.02 Å². The summed E-state index contributed by atoms with van der Waals surface area (Å²) < 4.78 is 5.50. The van der Waals surface area contributed by atoms with E-state index in [-0.39, 0.29) is 16.0 Å². The van der Waals surface area contributed by atoms with Crippen LogP contribution >= 0.6 is 11.6 Å². The molecule has 1 rings (SSSR count). The van der Waals surface area contributed by atoms with E-state index in [0.29, 0.717) is 12.4 Å². The number of hydrogen-bond acceptors (Lipinski definition) is 3. The molecular weight excluding hydrogens is 278 g/mol. The van der Waals surface area contributed by atoms with Gasteiger partial charge in [0.2, 0.25) is 0 Å². The van der Waals surface area contributed by atoms with Crippen LogP contribution in [0.25, 0.3) is 0 Å². The zero-order chi connectivity index (χ0) is 15.2.